The third-order valence-corrected chi connectivity index (χ3v) is 4.66. The number of hydrogen-bond donors (Lipinski definition) is 1. The van der Waals surface area contributed by atoms with E-state index in [4.69, 9.17) is 22.7 Å². The number of nitrogens with two attached hydrogens (primary N) is 1. The highest BCUT2D eigenvalue weighted by Crippen LogP contribution is 2.21. The number of ether oxygens (including phenoxy) is 1. The van der Waals surface area contributed by atoms with Crippen molar-refractivity contribution < 1.29 is 14.3 Å². The lowest BCUT2D eigenvalue weighted by molar-refractivity contribution is -0.135. The van der Waals surface area contributed by atoms with E-state index in [9.17, 15) is 9.59 Å². The van der Waals surface area contributed by atoms with Gasteiger partial charge in [-0.15, -0.1) is 0 Å². The van der Waals surface area contributed by atoms with Gasteiger partial charge in [0.2, 0.25) is 0 Å². The molecule has 0 bridgehead atoms. The van der Waals surface area contributed by atoms with Crippen molar-refractivity contribution in [2.45, 2.75) is 40.5 Å². The summed E-state index contributed by atoms with van der Waals surface area (Å²) in [4.78, 5) is 25.2. The molecule has 4 nitrogen and oxygen atoms in total. The van der Waals surface area contributed by atoms with Gasteiger partial charge in [-0.3, -0.25) is 9.59 Å². The molecule has 1 unspecified atom stereocenters. The first-order valence-corrected chi connectivity index (χ1v) is 11.2. The van der Waals surface area contributed by atoms with Gasteiger partial charge in [0, 0.05) is 16.7 Å². The molecule has 0 heterocycles. The summed E-state index contributed by atoms with van der Waals surface area (Å²) in [5, 5.41) is 0. The molecule has 3 aromatic carbocycles. The van der Waals surface area contributed by atoms with Crippen molar-refractivity contribution in [1.82, 2.24) is 0 Å². The molecule has 0 aromatic heterocycles. The molecule has 0 amide bonds. The van der Waals surface area contributed by atoms with Gasteiger partial charge in [0.05, 0.1) is 5.92 Å². The molecular formula is C27H31NO3S. The number of rotatable bonds is 6. The molecule has 0 aliphatic heterocycles. The van der Waals surface area contributed by atoms with E-state index >= 15 is 0 Å². The van der Waals surface area contributed by atoms with E-state index in [-0.39, 0.29) is 16.7 Å². The summed E-state index contributed by atoms with van der Waals surface area (Å²) in [5.74, 6) is -0.491. The van der Waals surface area contributed by atoms with Gasteiger partial charge in [-0.2, -0.15) is 0 Å². The third kappa shape index (κ3) is 7.43. The van der Waals surface area contributed by atoms with Gasteiger partial charge in [0.25, 0.3) is 0 Å². The summed E-state index contributed by atoms with van der Waals surface area (Å²) >= 11 is 4.90. The topological polar surface area (TPSA) is 69.4 Å². The smallest absolute Gasteiger partial charge is 0.318 e. The Morgan fingerprint density at radius 3 is 1.72 bits per heavy atom. The zero-order chi connectivity index (χ0) is 24.1. The van der Waals surface area contributed by atoms with Crippen LogP contribution >= 0.6 is 12.2 Å². The number of carbonyl (C=O) groups excluding carboxylic acids is 2. The Hall–Kier alpha value is -3.31. The van der Waals surface area contributed by atoms with Crippen LogP contribution in [0.3, 0.4) is 0 Å². The van der Waals surface area contributed by atoms with Crippen LogP contribution < -0.4 is 10.5 Å². The second-order valence-electron chi connectivity index (χ2n) is 6.35. The Balaban J connectivity index is 0.00000121. The van der Waals surface area contributed by atoms with Crippen molar-refractivity contribution >= 4 is 29.0 Å². The van der Waals surface area contributed by atoms with Gasteiger partial charge in [0.15, 0.2) is 5.78 Å². The summed E-state index contributed by atoms with van der Waals surface area (Å²) in [7, 11) is 0. The van der Waals surface area contributed by atoms with E-state index in [0.29, 0.717) is 22.4 Å². The van der Waals surface area contributed by atoms with E-state index in [1.54, 1.807) is 67.6 Å². The molecule has 0 radical (unpaired) electrons. The molecule has 32 heavy (non-hydrogen) atoms. The molecule has 5 heteroatoms. The molecule has 3 aromatic rings. The van der Waals surface area contributed by atoms with Crippen molar-refractivity contribution in [1.29, 1.82) is 0 Å². The van der Waals surface area contributed by atoms with Crippen LogP contribution in [0.4, 0.5) is 0 Å². The molecule has 1 atom stereocenters. The van der Waals surface area contributed by atoms with Crippen LogP contribution in [0.5, 0.6) is 5.75 Å². The highest BCUT2D eigenvalue weighted by atomic mass is 32.1. The first kappa shape index (κ1) is 26.7. The Kier molecular flexibility index (Phi) is 11.6. The van der Waals surface area contributed by atoms with Crippen molar-refractivity contribution in [3.8, 4) is 5.75 Å². The van der Waals surface area contributed by atoms with Gasteiger partial charge in [0.1, 0.15) is 10.7 Å². The van der Waals surface area contributed by atoms with Crippen molar-refractivity contribution in [3.05, 3.63) is 101 Å². The molecule has 0 aliphatic rings. The van der Waals surface area contributed by atoms with E-state index in [1.165, 1.54) is 0 Å². The van der Waals surface area contributed by atoms with Crippen LogP contribution in [0.25, 0.3) is 0 Å². The molecule has 0 spiro atoms. The van der Waals surface area contributed by atoms with E-state index in [2.05, 4.69) is 0 Å². The Morgan fingerprint density at radius 1 is 0.750 bits per heavy atom. The van der Waals surface area contributed by atoms with Crippen LogP contribution in [-0.4, -0.2) is 16.7 Å². The van der Waals surface area contributed by atoms with E-state index < -0.39 is 5.92 Å². The van der Waals surface area contributed by atoms with Crippen LogP contribution in [0.1, 0.15) is 67.6 Å². The van der Waals surface area contributed by atoms with Gasteiger partial charge < -0.3 is 10.5 Å². The van der Waals surface area contributed by atoms with Crippen LogP contribution in [0.2, 0.25) is 0 Å². The Labute approximate surface area is 196 Å². The van der Waals surface area contributed by atoms with E-state index in [0.717, 1.165) is 5.56 Å². The van der Waals surface area contributed by atoms with Crippen molar-refractivity contribution in [3.63, 3.8) is 0 Å². The lowest BCUT2D eigenvalue weighted by atomic mass is 9.97. The number of thiocarbonyl (C=S) groups is 1. The maximum absolute atomic E-state index is 12.5. The number of ketones is 1. The SMILES string of the molecule is CC.CC.CC(C(=O)Oc1ccc(C(N)=S)cc1)c1ccc(C(=O)c2ccccc2)cc1. The number of esters is 1. The van der Waals surface area contributed by atoms with Gasteiger partial charge in [-0.25, -0.2) is 0 Å². The fraction of sp³-hybridized carbons (Fsp3) is 0.222. The Morgan fingerprint density at radius 2 is 1.22 bits per heavy atom. The molecule has 0 saturated heterocycles. The van der Waals surface area contributed by atoms with Crippen molar-refractivity contribution in [2.75, 3.05) is 0 Å². The molecule has 2 N–H and O–H groups in total. The lowest BCUT2D eigenvalue weighted by Crippen LogP contribution is -2.16. The fourth-order valence-corrected chi connectivity index (χ4v) is 2.84. The molecule has 0 fully saturated rings. The predicted molar refractivity (Wildman–Crippen MR) is 135 cm³/mol. The molecule has 3 rings (SSSR count). The minimum absolute atomic E-state index is 0.0553. The highest BCUT2D eigenvalue weighted by Gasteiger charge is 2.18. The second-order valence-corrected chi connectivity index (χ2v) is 6.79. The maximum atomic E-state index is 12.5. The maximum Gasteiger partial charge on any atom is 0.318 e. The summed E-state index contributed by atoms with van der Waals surface area (Å²) in [6.45, 7) is 9.76. The minimum atomic E-state index is -0.476. The van der Waals surface area contributed by atoms with Crippen LogP contribution in [0.15, 0.2) is 78.9 Å². The van der Waals surface area contributed by atoms with Gasteiger partial charge in [-0.05, 0) is 36.8 Å². The first-order valence-electron chi connectivity index (χ1n) is 10.8. The monoisotopic (exact) mass is 449 g/mol. The molecule has 168 valence electrons. The lowest BCUT2D eigenvalue weighted by Gasteiger charge is -2.12. The molecule has 0 saturated carbocycles. The van der Waals surface area contributed by atoms with Crippen LogP contribution in [0, 0.1) is 0 Å². The summed E-state index contributed by atoms with van der Waals surface area (Å²) in [6, 6.07) is 22.8. The summed E-state index contributed by atoms with van der Waals surface area (Å²) < 4.78 is 5.42. The molecule has 0 aliphatic carbocycles. The number of carbonyl (C=O) groups is 2. The van der Waals surface area contributed by atoms with Crippen LogP contribution in [-0.2, 0) is 4.79 Å². The zero-order valence-corrected chi connectivity index (χ0v) is 20.1. The molecular weight excluding hydrogens is 418 g/mol. The largest absolute Gasteiger partial charge is 0.426 e. The van der Waals surface area contributed by atoms with Gasteiger partial charge in [-0.1, -0.05) is 94.5 Å². The van der Waals surface area contributed by atoms with E-state index in [1.807, 2.05) is 45.9 Å². The standard InChI is InChI=1S/C23H19NO3S.2C2H6/c1-15(23(26)27-20-13-11-19(12-14-20)22(24)28)16-7-9-18(10-8-16)21(25)17-5-3-2-4-6-17;2*1-2/h2-15H,1H3,(H2,24,28);2*1-2H3. The highest BCUT2D eigenvalue weighted by molar-refractivity contribution is 7.80. The number of hydrogen-bond acceptors (Lipinski definition) is 4. The zero-order valence-electron chi connectivity index (χ0n) is 19.3. The fourth-order valence-electron chi connectivity index (χ4n) is 2.71. The second kappa shape index (κ2) is 13.9. The average molecular weight is 450 g/mol. The minimum Gasteiger partial charge on any atom is -0.426 e. The third-order valence-electron chi connectivity index (χ3n) is 4.42. The average Bonchev–Trinajstić information content (AvgIpc) is 2.86. The normalized spacial score (nSPS) is 10.4. The predicted octanol–water partition coefficient (Wildman–Crippen LogP) is 6.31. The first-order chi connectivity index (χ1) is 15.5. The summed E-state index contributed by atoms with van der Waals surface area (Å²) in [6.07, 6.45) is 0. The summed E-state index contributed by atoms with van der Waals surface area (Å²) in [5.41, 5.74) is 8.24. The quantitative estimate of drug-likeness (QED) is 0.207. The number of benzene rings is 3. The van der Waals surface area contributed by atoms with Gasteiger partial charge >= 0.3 is 5.97 Å². The Bertz CT molecular complexity index is 997. The van der Waals surface area contributed by atoms with Crippen molar-refractivity contribution in [2.24, 2.45) is 5.73 Å².